The fourth-order valence-electron chi connectivity index (χ4n) is 2.62. The summed E-state index contributed by atoms with van der Waals surface area (Å²) < 4.78 is 26.6. The van der Waals surface area contributed by atoms with Gasteiger partial charge >= 0.3 is 5.97 Å². The number of benzene rings is 1. The van der Waals surface area contributed by atoms with Gasteiger partial charge in [0.15, 0.2) is 0 Å². The Morgan fingerprint density at radius 1 is 1.09 bits per heavy atom. The molecule has 1 N–H and O–H groups in total. The highest BCUT2D eigenvalue weighted by molar-refractivity contribution is 5.94. The maximum absolute atomic E-state index is 13.7. The first-order valence-electron chi connectivity index (χ1n) is 7.66. The maximum Gasteiger partial charge on any atom is 0.303 e. The highest BCUT2D eigenvalue weighted by Crippen LogP contribution is 2.14. The van der Waals surface area contributed by atoms with Crippen molar-refractivity contribution < 1.29 is 23.5 Å². The SMILES string of the molecule is O=C(O)CCCCN1CCN(C(=O)c2ccc(F)cc2F)CC1. The minimum Gasteiger partial charge on any atom is -0.481 e. The van der Waals surface area contributed by atoms with E-state index in [9.17, 15) is 18.4 Å². The number of carboxylic acid groups (broad SMARTS) is 1. The lowest BCUT2D eigenvalue weighted by Gasteiger charge is -2.34. The Hall–Kier alpha value is -2.02. The molecule has 1 fully saturated rings. The first-order chi connectivity index (χ1) is 11.0. The molecule has 1 aliphatic heterocycles. The molecule has 1 aromatic carbocycles. The summed E-state index contributed by atoms with van der Waals surface area (Å²) in [6.45, 7) is 3.09. The number of piperazine rings is 1. The number of aliphatic carboxylic acids is 1. The van der Waals surface area contributed by atoms with Crippen LogP contribution in [-0.4, -0.2) is 59.5 Å². The molecule has 0 spiro atoms. The van der Waals surface area contributed by atoms with Crippen LogP contribution in [0.1, 0.15) is 29.6 Å². The van der Waals surface area contributed by atoms with Crippen LogP contribution in [0.15, 0.2) is 18.2 Å². The Bertz CT molecular complexity index is 572. The number of nitrogens with zero attached hydrogens (tertiary/aromatic N) is 2. The number of halogens is 2. The Labute approximate surface area is 133 Å². The fraction of sp³-hybridized carbons (Fsp3) is 0.500. The molecule has 23 heavy (non-hydrogen) atoms. The van der Waals surface area contributed by atoms with E-state index in [0.717, 1.165) is 19.0 Å². The van der Waals surface area contributed by atoms with Crippen molar-refractivity contribution >= 4 is 11.9 Å². The highest BCUT2D eigenvalue weighted by atomic mass is 19.1. The molecule has 0 unspecified atom stereocenters. The summed E-state index contributed by atoms with van der Waals surface area (Å²) >= 11 is 0. The molecule has 1 aromatic rings. The molecule has 126 valence electrons. The van der Waals surface area contributed by atoms with Crippen LogP contribution in [0, 0.1) is 11.6 Å². The Morgan fingerprint density at radius 2 is 1.78 bits per heavy atom. The van der Waals surface area contributed by atoms with Crippen LogP contribution < -0.4 is 0 Å². The van der Waals surface area contributed by atoms with E-state index < -0.39 is 23.5 Å². The van der Waals surface area contributed by atoms with Gasteiger partial charge in [-0.15, -0.1) is 0 Å². The molecule has 0 saturated carbocycles. The predicted molar refractivity (Wildman–Crippen MR) is 80.2 cm³/mol. The highest BCUT2D eigenvalue weighted by Gasteiger charge is 2.24. The third-order valence-corrected chi connectivity index (χ3v) is 3.94. The molecule has 0 atom stereocenters. The van der Waals surface area contributed by atoms with E-state index in [1.165, 1.54) is 6.07 Å². The smallest absolute Gasteiger partial charge is 0.303 e. The van der Waals surface area contributed by atoms with E-state index >= 15 is 0 Å². The van der Waals surface area contributed by atoms with Gasteiger partial charge in [-0.1, -0.05) is 0 Å². The first kappa shape index (κ1) is 17.3. The van der Waals surface area contributed by atoms with Gasteiger partial charge in [-0.2, -0.15) is 0 Å². The Kier molecular flexibility index (Phi) is 6.04. The van der Waals surface area contributed by atoms with Gasteiger partial charge in [0.05, 0.1) is 5.56 Å². The summed E-state index contributed by atoms with van der Waals surface area (Å²) in [6, 6.07) is 2.96. The molecule has 5 nitrogen and oxygen atoms in total. The second kappa shape index (κ2) is 8.01. The van der Waals surface area contributed by atoms with Gasteiger partial charge in [-0.05, 0) is 31.5 Å². The zero-order valence-electron chi connectivity index (χ0n) is 12.8. The molecule has 2 rings (SSSR count). The summed E-state index contributed by atoms with van der Waals surface area (Å²) in [4.78, 5) is 26.4. The summed E-state index contributed by atoms with van der Waals surface area (Å²) in [7, 11) is 0. The van der Waals surface area contributed by atoms with Crippen molar-refractivity contribution in [2.45, 2.75) is 19.3 Å². The maximum atomic E-state index is 13.7. The molecule has 7 heteroatoms. The van der Waals surface area contributed by atoms with Crippen LogP contribution >= 0.6 is 0 Å². The number of carbonyl (C=O) groups is 2. The Balaban J connectivity index is 1.79. The van der Waals surface area contributed by atoms with Crippen molar-refractivity contribution in [1.82, 2.24) is 9.80 Å². The molecule has 0 aromatic heterocycles. The molecular formula is C16H20F2N2O3. The second-order valence-electron chi connectivity index (χ2n) is 5.61. The monoisotopic (exact) mass is 326 g/mol. The predicted octanol–water partition coefficient (Wildman–Crippen LogP) is 1.98. The van der Waals surface area contributed by atoms with E-state index in [4.69, 9.17) is 5.11 Å². The lowest BCUT2D eigenvalue weighted by molar-refractivity contribution is -0.137. The number of rotatable bonds is 6. The average molecular weight is 326 g/mol. The zero-order chi connectivity index (χ0) is 16.8. The fourth-order valence-corrected chi connectivity index (χ4v) is 2.62. The van der Waals surface area contributed by atoms with Crippen molar-refractivity contribution in [2.75, 3.05) is 32.7 Å². The van der Waals surface area contributed by atoms with Crippen LogP contribution in [-0.2, 0) is 4.79 Å². The molecule has 0 radical (unpaired) electrons. The minimum absolute atomic E-state index is 0.110. The number of hydrogen-bond donors (Lipinski definition) is 1. The van der Waals surface area contributed by atoms with Gasteiger partial charge in [-0.25, -0.2) is 8.78 Å². The Morgan fingerprint density at radius 3 is 2.39 bits per heavy atom. The average Bonchev–Trinajstić information content (AvgIpc) is 2.51. The van der Waals surface area contributed by atoms with Crippen molar-refractivity contribution in [3.8, 4) is 0 Å². The standard InChI is InChI=1S/C16H20F2N2O3/c17-12-4-5-13(14(18)11-12)16(23)20-9-7-19(8-10-20)6-2-1-3-15(21)22/h4-5,11H,1-3,6-10H2,(H,21,22). The molecule has 0 aliphatic carbocycles. The van der Waals surface area contributed by atoms with Crippen molar-refractivity contribution in [3.63, 3.8) is 0 Å². The number of carbonyl (C=O) groups excluding carboxylic acids is 1. The largest absolute Gasteiger partial charge is 0.481 e. The van der Waals surface area contributed by atoms with Gasteiger partial charge in [-0.3, -0.25) is 14.5 Å². The molecule has 1 saturated heterocycles. The normalized spacial score (nSPS) is 15.7. The summed E-state index contributed by atoms with van der Waals surface area (Å²) in [5.41, 5.74) is -0.110. The second-order valence-corrected chi connectivity index (χ2v) is 5.61. The van der Waals surface area contributed by atoms with Gasteiger partial charge in [0, 0.05) is 38.7 Å². The van der Waals surface area contributed by atoms with Gasteiger partial charge in [0.1, 0.15) is 11.6 Å². The number of hydrogen-bond acceptors (Lipinski definition) is 3. The lowest BCUT2D eigenvalue weighted by Crippen LogP contribution is -2.49. The molecule has 1 amide bonds. The summed E-state index contributed by atoms with van der Waals surface area (Å²) in [5, 5.41) is 8.58. The van der Waals surface area contributed by atoms with Crippen molar-refractivity contribution in [2.24, 2.45) is 0 Å². The third kappa shape index (κ3) is 4.99. The van der Waals surface area contributed by atoms with Crippen molar-refractivity contribution in [1.29, 1.82) is 0 Å². The molecular weight excluding hydrogens is 306 g/mol. The van der Waals surface area contributed by atoms with Crippen molar-refractivity contribution in [3.05, 3.63) is 35.4 Å². The molecule has 0 bridgehead atoms. The van der Waals surface area contributed by atoms with Crippen LogP contribution in [0.3, 0.4) is 0 Å². The van der Waals surface area contributed by atoms with Gasteiger partial charge in [0.25, 0.3) is 5.91 Å². The lowest BCUT2D eigenvalue weighted by atomic mass is 10.1. The quantitative estimate of drug-likeness (QED) is 0.812. The van der Waals surface area contributed by atoms with E-state index in [2.05, 4.69) is 4.90 Å². The topological polar surface area (TPSA) is 60.9 Å². The summed E-state index contributed by atoms with van der Waals surface area (Å²) in [5.74, 6) is -2.76. The molecule has 1 aliphatic rings. The van der Waals surface area contributed by atoms with E-state index in [1.807, 2.05) is 0 Å². The summed E-state index contributed by atoms with van der Waals surface area (Å²) in [6.07, 6.45) is 1.60. The molecule has 1 heterocycles. The van der Waals surface area contributed by atoms with Crippen LogP contribution in [0.4, 0.5) is 8.78 Å². The number of carboxylic acids is 1. The van der Waals surface area contributed by atoms with E-state index in [1.54, 1.807) is 4.90 Å². The zero-order valence-corrected chi connectivity index (χ0v) is 12.8. The number of amides is 1. The third-order valence-electron chi connectivity index (χ3n) is 3.94. The van der Waals surface area contributed by atoms with E-state index in [0.29, 0.717) is 38.7 Å². The minimum atomic E-state index is -0.842. The van der Waals surface area contributed by atoms with Crippen LogP contribution in [0.25, 0.3) is 0 Å². The number of unbranched alkanes of at least 4 members (excludes halogenated alkanes) is 1. The first-order valence-corrected chi connectivity index (χ1v) is 7.66. The van der Waals surface area contributed by atoms with Gasteiger partial charge < -0.3 is 10.0 Å². The van der Waals surface area contributed by atoms with Crippen LogP contribution in [0.5, 0.6) is 0 Å². The van der Waals surface area contributed by atoms with Gasteiger partial charge in [0.2, 0.25) is 0 Å². The van der Waals surface area contributed by atoms with E-state index in [-0.39, 0.29) is 12.0 Å². The van der Waals surface area contributed by atoms with Crippen LogP contribution in [0.2, 0.25) is 0 Å².